The van der Waals surface area contributed by atoms with Crippen LogP contribution in [0.15, 0.2) is 48.9 Å². The number of pyridine rings is 2. The van der Waals surface area contributed by atoms with Crippen LogP contribution in [0.2, 0.25) is 0 Å². The van der Waals surface area contributed by atoms with E-state index in [1.54, 1.807) is 12.1 Å². The van der Waals surface area contributed by atoms with E-state index in [-0.39, 0.29) is 23.7 Å². The predicted octanol–water partition coefficient (Wildman–Crippen LogP) is 4.87. The Labute approximate surface area is 196 Å². The maximum atomic E-state index is 14.9. The molecule has 1 aliphatic heterocycles. The van der Waals surface area contributed by atoms with Crippen LogP contribution >= 0.6 is 0 Å². The Hall–Kier alpha value is -4.54. The first-order chi connectivity index (χ1) is 17.0. The van der Waals surface area contributed by atoms with Crippen molar-refractivity contribution in [2.45, 2.75) is 0 Å². The summed E-state index contributed by atoms with van der Waals surface area (Å²) < 4.78 is 66.4. The molecular weight excluding hydrogens is 467 g/mol. The first kappa shape index (κ1) is 22.3. The van der Waals surface area contributed by atoms with Gasteiger partial charge in [0.2, 0.25) is 11.6 Å². The zero-order valence-electron chi connectivity index (χ0n) is 18.1. The van der Waals surface area contributed by atoms with E-state index in [1.807, 2.05) is 0 Å². The Morgan fingerprint density at radius 1 is 1.03 bits per heavy atom. The number of fused-ring (bicyclic) bond motifs is 3. The largest absolute Gasteiger partial charge is 0.496 e. The van der Waals surface area contributed by atoms with Crippen LogP contribution in [0.4, 0.5) is 18.9 Å². The number of hydrogen-bond acceptors (Lipinski definition) is 7. The lowest BCUT2D eigenvalue weighted by Crippen LogP contribution is -2.16. The zero-order chi connectivity index (χ0) is 24.5. The highest BCUT2D eigenvalue weighted by Crippen LogP contribution is 2.44. The molecule has 1 aliphatic rings. The Morgan fingerprint density at radius 3 is 2.66 bits per heavy atom. The summed E-state index contributed by atoms with van der Waals surface area (Å²) in [4.78, 5) is 20.5. The van der Waals surface area contributed by atoms with Crippen molar-refractivity contribution in [2.75, 3.05) is 25.6 Å². The van der Waals surface area contributed by atoms with Gasteiger partial charge in [-0.2, -0.15) is 4.39 Å². The molecular formula is C24H16F3N3O5. The van der Waals surface area contributed by atoms with Crippen molar-refractivity contribution >= 4 is 22.5 Å². The zero-order valence-corrected chi connectivity index (χ0v) is 18.1. The van der Waals surface area contributed by atoms with Crippen molar-refractivity contribution in [3.05, 3.63) is 71.9 Å². The highest BCUT2D eigenvalue weighted by atomic mass is 19.2. The monoisotopic (exact) mass is 483 g/mol. The minimum absolute atomic E-state index is 0.0218. The van der Waals surface area contributed by atoms with E-state index in [9.17, 15) is 18.0 Å². The Balaban J connectivity index is 1.51. The third-order valence-electron chi connectivity index (χ3n) is 5.20. The molecule has 11 heteroatoms. The van der Waals surface area contributed by atoms with Crippen molar-refractivity contribution in [2.24, 2.45) is 0 Å². The van der Waals surface area contributed by atoms with Crippen LogP contribution in [0, 0.1) is 17.5 Å². The van der Waals surface area contributed by atoms with Gasteiger partial charge in [0.1, 0.15) is 24.7 Å². The van der Waals surface area contributed by atoms with E-state index in [4.69, 9.17) is 18.9 Å². The molecule has 8 nitrogen and oxygen atoms in total. The summed E-state index contributed by atoms with van der Waals surface area (Å²) in [6, 6.07) is 6.68. The van der Waals surface area contributed by atoms with Crippen LogP contribution in [-0.2, 0) is 0 Å². The van der Waals surface area contributed by atoms with Crippen molar-refractivity contribution in [1.29, 1.82) is 0 Å². The molecule has 4 aromatic rings. The van der Waals surface area contributed by atoms with Crippen molar-refractivity contribution < 1.29 is 36.9 Å². The number of hydrogen-bond donors (Lipinski definition) is 1. The summed E-state index contributed by atoms with van der Waals surface area (Å²) in [6.45, 7) is 0.593. The van der Waals surface area contributed by atoms with Crippen LogP contribution < -0.4 is 24.3 Å². The second-order valence-corrected chi connectivity index (χ2v) is 7.29. The Bertz CT molecular complexity index is 1460. The normalized spacial score (nSPS) is 12.3. The molecule has 0 spiro atoms. The molecule has 0 atom stereocenters. The Morgan fingerprint density at radius 2 is 1.83 bits per heavy atom. The molecule has 0 unspecified atom stereocenters. The first-order valence-electron chi connectivity index (χ1n) is 10.3. The number of carbonyl (C=O) groups excluding carboxylic acids is 1. The van der Waals surface area contributed by atoms with Crippen LogP contribution in [0.25, 0.3) is 10.9 Å². The van der Waals surface area contributed by atoms with Gasteiger partial charge in [-0.1, -0.05) is 0 Å². The van der Waals surface area contributed by atoms with E-state index in [1.165, 1.54) is 37.8 Å². The molecule has 0 bridgehead atoms. The maximum Gasteiger partial charge on any atom is 0.261 e. The van der Waals surface area contributed by atoms with Gasteiger partial charge in [0.05, 0.1) is 29.3 Å². The topological polar surface area (TPSA) is 91.8 Å². The lowest BCUT2D eigenvalue weighted by atomic mass is 10.1. The molecule has 0 aliphatic carbocycles. The summed E-state index contributed by atoms with van der Waals surface area (Å²) in [6.07, 6.45) is 3.94. The highest BCUT2D eigenvalue weighted by molar-refractivity contribution is 6.06. The number of nitrogens with zero attached hydrogens (tertiary/aromatic N) is 2. The van der Waals surface area contributed by atoms with E-state index >= 15 is 0 Å². The summed E-state index contributed by atoms with van der Waals surface area (Å²) in [5.41, 5.74) is -0.356. The lowest BCUT2D eigenvalue weighted by Gasteiger charge is -2.21. The van der Waals surface area contributed by atoms with Crippen molar-refractivity contribution in [3.63, 3.8) is 0 Å². The van der Waals surface area contributed by atoms with Crippen LogP contribution in [-0.4, -0.2) is 36.2 Å². The van der Waals surface area contributed by atoms with Gasteiger partial charge in [-0.3, -0.25) is 14.8 Å². The smallest absolute Gasteiger partial charge is 0.261 e. The molecule has 35 heavy (non-hydrogen) atoms. The maximum absolute atomic E-state index is 14.9. The quantitative estimate of drug-likeness (QED) is 0.405. The van der Waals surface area contributed by atoms with Gasteiger partial charge in [0, 0.05) is 24.7 Å². The third kappa shape index (κ3) is 4.01. The molecule has 2 aromatic heterocycles. The van der Waals surface area contributed by atoms with Gasteiger partial charge < -0.3 is 24.3 Å². The Kier molecular flexibility index (Phi) is 5.73. The molecule has 178 valence electrons. The molecule has 0 saturated heterocycles. The van der Waals surface area contributed by atoms with E-state index < -0.39 is 34.8 Å². The van der Waals surface area contributed by atoms with E-state index in [0.29, 0.717) is 35.1 Å². The van der Waals surface area contributed by atoms with Gasteiger partial charge in [-0.05, 0) is 24.3 Å². The van der Waals surface area contributed by atoms with Gasteiger partial charge in [0.25, 0.3) is 5.91 Å². The number of rotatable bonds is 5. The van der Waals surface area contributed by atoms with Gasteiger partial charge in [0.15, 0.2) is 23.1 Å². The summed E-state index contributed by atoms with van der Waals surface area (Å²) in [5, 5.41) is 2.44. The van der Waals surface area contributed by atoms with Crippen molar-refractivity contribution in [3.8, 4) is 28.7 Å². The predicted molar refractivity (Wildman–Crippen MR) is 118 cm³/mol. The minimum Gasteiger partial charge on any atom is -0.496 e. The average molecular weight is 483 g/mol. The van der Waals surface area contributed by atoms with Crippen molar-refractivity contribution in [1.82, 2.24) is 9.97 Å². The fraction of sp³-hybridized carbons (Fsp3) is 0.125. The number of methoxy groups -OCH3 is 1. The molecule has 2 aromatic carbocycles. The number of nitrogens with one attached hydrogen (secondary N) is 1. The van der Waals surface area contributed by atoms with Crippen LogP contribution in [0.5, 0.6) is 28.7 Å². The number of anilines is 1. The molecule has 5 rings (SSSR count). The fourth-order valence-corrected chi connectivity index (χ4v) is 3.60. The standard InChI is InChI=1S/C24H16F3N3O5/c1-32-16-4-6-28-11-12(16)24(31)30-15-10-13(25)22(21(27)20(15)26)35-17-5-7-29-14-2-3-18-23(19(14)17)34-9-8-33-18/h2-7,10-11H,8-9H2,1H3,(H,30,31). The van der Waals surface area contributed by atoms with E-state index in [2.05, 4.69) is 15.3 Å². The second kappa shape index (κ2) is 9.01. The van der Waals surface area contributed by atoms with Crippen LogP contribution in [0.3, 0.4) is 0 Å². The van der Waals surface area contributed by atoms with Gasteiger partial charge >= 0.3 is 0 Å². The van der Waals surface area contributed by atoms with Crippen LogP contribution in [0.1, 0.15) is 10.4 Å². The molecule has 0 saturated carbocycles. The highest BCUT2D eigenvalue weighted by Gasteiger charge is 2.25. The summed E-state index contributed by atoms with van der Waals surface area (Å²) >= 11 is 0. The molecule has 3 heterocycles. The summed E-state index contributed by atoms with van der Waals surface area (Å²) in [7, 11) is 1.33. The minimum atomic E-state index is -1.63. The second-order valence-electron chi connectivity index (χ2n) is 7.29. The molecule has 0 radical (unpaired) electrons. The lowest BCUT2D eigenvalue weighted by molar-refractivity contribution is 0.102. The molecule has 0 fully saturated rings. The van der Waals surface area contributed by atoms with Gasteiger partial charge in [-0.25, -0.2) is 8.78 Å². The number of halogens is 3. The fourth-order valence-electron chi connectivity index (χ4n) is 3.60. The third-order valence-corrected chi connectivity index (χ3v) is 5.20. The number of carbonyl (C=O) groups is 1. The SMILES string of the molecule is COc1ccncc1C(=O)Nc1cc(F)c(Oc2ccnc3ccc4c(c23)OCCO4)c(F)c1F. The number of ether oxygens (including phenoxy) is 4. The average Bonchev–Trinajstić information content (AvgIpc) is 2.89. The van der Waals surface area contributed by atoms with E-state index in [0.717, 1.165) is 0 Å². The number of aromatic nitrogens is 2. The summed E-state index contributed by atoms with van der Waals surface area (Å²) in [5.74, 6) is -5.42. The molecule has 1 N–H and O–H groups in total. The number of amides is 1. The molecule has 1 amide bonds. The van der Waals surface area contributed by atoms with Gasteiger partial charge in [-0.15, -0.1) is 0 Å². The number of benzene rings is 2. The first-order valence-corrected chi connectivity index (χ1v) is 10.3.